The van der Waals surface area contributed by atoms with Crippen molar-refractivity contribution in [1.29, 1.82) is 0 Å². The summed E-state index contributed by atoms with van der Waals surface area (Å²) in [7, 11) is 0. The van der Waals surface area contributed by atoms with Crippen LogP contribution in [0.15, 0.2) is 0 Å². The largest absolute Gasteiger partial charge is 0.356 e. The third-order valence-corrected chi connectivity index (χ3v) is 4.26. The van der Waals surface area contributed by atoms with Gasteiger partial charge in [0.2, 0.25) is 23.4 Å². The topological polar surface area (TPSA) is 66.5 Å². The highest BCUT2D eigenvalue weighted by Gasteiger charge is 2.15. The summed E-state index contributed by atoms with van der Waals surface area (Å²) in [6.07, 6.45) is 4.79. The Morgan fingerprint density at radius 3 is 2.62 bits per heavy atom. The van der Waals surface area contributed by atoms with Crippen molar-refractivity contribution in [3.05, 3.63) is 0 Å². The van der Waals surface area contributed by atoms with Crippen LogP contribution in [0.5, 0.6) is 0 Å². The van der Waals surface area contributed by atoms with Crippen LogP contribution in [-0.2, 0) is 14.4 Å². The lowest BCUT2D eigenvalue weighted by atomic mass is 9.86. The van der Waals surface area contributed by atoms with E-state index < -0.39 is 0 Å². The van der Waals surface area contributed by atoms with Crippen molar-refractivity contribution in [1.82, 2.24) is 10.2 Å². The van der Waals surface area contributed by atoms with Crippen molar-refractivity contribution in [3.8, 4) is 0 Å². The summed E-state index contributed by atoms with van der Waals surface area (Å²) >= 11 is 2.12. The third kappa shape index (κ3) is 10.7. The molecule has 21 heavy (non-hydrogen) atoms. The molecule has 5 nitrogen and oxygen atoms in total. The molecule has 0 aliphatic rings. The van der Waals surface area contributed by atoms with Crippen LogP contribution in [0.4, 0.5) is 0 Å². The molecule has 0 bridgehead atoms. The van der Waals surface area contributed by atoms with Crippen LogP contribution in [0.1, 0.15) is 52.4 Å². The number of hydrogen-bond acceptors (Lipinski definition) is 3. The zero-order valence-corrected chi connectivity index (χ0v) is 15.1. The zero-order chi connectivity index (χ0) is 16.1. The lowest BCUT2D eigenvalue weighted by Gasteiger charge is -2.17. The van der Waals surface area contributed by atoms with Crippen molar-refractivity contribution >= 4 is 45.7 Å². The van der Waals surface area contributed by atoms with Crippen molar-refractivity contribution in [2.45, 2.75) is 58.2 Å². The number of rotatable bonds is 12. The molecule has 0 aliphatic carbocycles. The van der Waals surface area contributed by atoms with Gasteiger partial charge in [0.1, 0.15) is 0 Å². The number of imide groups is 1. The van der Waals surface area contributed by atoms with Gasteiger partial charge in [0.25, 0.3) is 0 Å². The van der Waals surface area contributed by atoms with Crippen LogP contribution < -0.4 is 5.32 Å². The lowest BCUT2D eigenvalue weighted by molar-refractivity contribution is -0.138. The van der Waals surface area contributed by atoms with Gasteiger partial charge in [-0.25, -0.2) is 0 Å². The van der Waals surface area contributed by atoms with Crippen LogP contribution in [0.25, 0.3) is 0 Å². The Labute approximate surface area is 141 Å². The molecule has 0 rings (SSSR count). The van der Waals surface area contributed by atoms with Crippen LogP contribution in [-0.4, -0.2) is 41.3 Å². The number of carbonyl (C=O) groups excluding carboxylic acids is 3. The van der Waals surface area contributed by atoms with E-state index in [1.54, 1.807) is 0 Å². The van der Waals surface area contributed by atoms with Gasteiger partial charge in [-0.05, 0) is 19.3 Å². The van der Waals surface area contributed by atoms with Crippen molar-refractivity contribution < 1.29 is 14.4 Å². The summed E-state index contributed by atoms with van der Waals surface area (Å²) in [5, 5.41) is 4.75. The number of halogens is 1. The van der Waals surface area contributed by atoms with E-state index in [2.05, 4.69) is 27.7 Å². The highest BCUT2D eigenvalue weighted by Crippen LogP contribution is 2.12. The molecule has 0 fully saturated rings. The molecular formula is C14H25BIN2O3. The number of nitrogens with zero attached hydrogens (tertiary/aromatic N) is 1. The van der Waals surface area contributed by atoms with Gasteiger partial charge < -0.3 is 5.32 Å². The van der Waals surface area contributed by atoms with Gasteiger partial charge in [0.05, 0.1) is 0 Å². The minimum absolute atomic E-state index is 0.0755. The second-order valence-electron chi connectivity index (χ2n) is 5.16. The van der Waals surface area contributed by atoms with Crippen molar-refractivity contribution in [3.63, 3.8) is 0 Å². The molecular weight excluding hydrogens is 382 g/mol. The Bertz CT molecular complexity index is 329. The summed E-state index contributed by atoms with van der Waals surface area (Å²) in [5.41, 5.74) is 0. The number of nitrogens with one attached hydrogen (secondary N) is 1. The number of hydrogen-bond donors (Lipinski definition) is 1. The average Bonchev–Trinajstić information content (AvgIpc) is 2.48. The van der Waals surface area contributed by atoms with Crippen LogP contribution in [0, 0.1) is 0 Å². The molecule has 0 saturated carbocycles. The summed E-state index contributed by atoms with van der Waals surface area (Å²) < 4.78 is 0. The predicted octanol–water partition coefficient (Wildman–Crippen LogP) is 2.31. The van der Waals surface area contributed by atoms with Gasteiger partial charge in [0, 0.05) is 25.9 Å². The van der Waals surface area contributed by atoms with Gasteiger partial charge >= 0.3 is 0 Å². The van der Waals surface area contributed by atoms with E-state index in [1.807, 2.05) is 19.0 Å². The minimum atomic E-state index is -0.133. The highest BCUT2D eigenvalue weighted by atomic mass is 127. The molecule has 119 valence electrons. The summed E-state index contributed by atoms with van der Waals surface area (Å²) in [5.74, 6) is 0.112. The van der Waals surface area contributed by atoms with Gasteiger partial charge in [-0.15, -0.1) is 0 Å². The maximum absolute atomic E-state index is 11.8. The molecule has 0 aromatic heterocycles. The fraction of sp³-hybridized carbons (Fsp3) is 0.786. The Morgan fingerprint density at radius 2 is 2.05 bits per heavy atom. The highest BCUT2D eigenvalue weighted by molar-refractivity contribution is 14.1. The van der Waals surface area contributed by atoms with Gasteiger partial charge in [-0.3, -0.25) is 19.3 Å². The van der Waals surface area contributed by atoms with Gasteiger partial charge in [0.15, 0.2) is 0 Å². The smallest absolute Gasteiger partial charge is 0.228 e. The maximum Gasteiger partial charge on any atom is 0.228 e. The van der Waals surface area contributed by atoms with Crippen LogP contribution in [0.3, 0.4) is 0 Å². The van der Waals surface area contributed by atoms with Crippen LogP contribution in [0.2, 0.25) is 5.82 Å². The van der Waals surface area contributed by atoms with E-state index in [4.69, 9.17) is 0 Å². The van der Waals surface area contributed by atoms with E-state index in [9.17, 15) is 14.4 Å². The van der Waals surface area contributed by atoms with Gasteiger partial charge in [-0.2, -0.15) is 22.4 Å². The Balaban J connectivity index is 3.79. The predicted molar refractivity (Wildman–Crippen MR) is 93.4 cm³/mol. The molecule has 1 unspecified atom stereocenters. The average molecular weight is 407 g/mol. The number of unbranched alkanes of at least 4 members (excludes halogenated alkanes) is 2. The maximum atomic E-state index is 11.8. The molecule has 0 aromatic rings. The molecule has 0 aliphatic heterocycles. The third-order valence-electron chi connectivity index (χ3n) is 3.03. The first-order valence-electron chi connectivity index (χ1n) is 7.50. The summed E-state index contributed by atoms with van der Waals surface area (Å²) in [4.78, 5) is 35.4. The normalized spacial score (nSPS) is 11.6. The van der Waals surface area contributed by atoms with Gasteiger partial charge in [-0.1, -0.05) is 26.1 Å². The first-order chi connectivity index (χ1) is 10.0. The molecule has 7 heteroatoms. The molecule has 1 N–H and O–H groups in total. The standard InChI is InChI=1S/C14H25BIN2O3/c1-3-8-17-13(20)7-5-4-6-9-18(11-19)14(21)10-12(2)15-16/h11-12H,3-10H2,1-2H3,(H,17,20). The van der Waals surface area contributed by atoms with Crippen LogP contribution >= 0.6 is 22.4 Å². The van der Waals surface area contributed by atoms with E-state index in [0.717, 1.165) is 32.2 Å². The zero-order valence-electron chi connectivity index (χ0n) is 12.9. The fourth-order valence-electron chi connectivity index (χ4n) is 1.77. The summed E-state index contributed by atoms with van der Waals surface area (Å²) in [6.45, 7) is 5.12. The second-order valence-corrected chi connectivity index (χ2v) is 5.88. The summed E-state index contributed by atoms with van der Waals surface area (Å²) in [6, 6.07) is 0. The van der Waals surface area contributed by atoms with E-state index in [0.29, 0.717) is 25.8 Å². The molecule has 0 aromatic carbocycles. The number of carbonyl (C=O) groups is 3. The molecule has 0 spiro atoms. The van der Waals surface area contributed by atoms with Crippen molar-refractivity contribution in [2.75, 3.05) is 13.1 Å². The Hall–Kier alpha value is -0.595. The second kappa shape index (κ2) is 13.1. The quantitative estimate of drug-likeness (QED) is 0.234. The molecule has 3 amide bonds. The molecule has 1 atom stereocenters. The SMILES string of the molecule is CCCNC(=O)CCCCCN(C=O)C(=O)CC(C)[B]I. The van der Waals surface area contributed by atoms with E-state index >= 15 is 0 Å². The first-order valence-corrected chi connectivity index (χ1v) is 8.74. The molecule has 0 heterocycles. The van der Waals surface area contributed by atoms with E-state index in [-0.39, 0.29) is 17.6 Å². The fourth-order valence-corrected chi connectivity index (χ4v) is 2.02. The Kier molecular flexibility index (Phi) is 12.7. The first kappa shape index (κ1) is 20.4. The van der Waals surface area contributed by atoms with E-state index in [1.165, 1.54) is 4.90 Å². The lowest BCUT2D eigenvalue weighted by Crippen LogP contribution is -2.31. The number of amides is 3. The minimum Gasteiger partial charge on any atom is -0.356 e. The monoisotopic (exact) mass is 407 g/mol. The Morgan fingerprint density at radius 1 is 1.33 bits per heavy atom. The molecule has 0 saturated heterocycles. The molecule has 1 radical (unpaired) electrons. The van der Waals surface area contributed by atoms with Crippen molar-refractivity contribution in [2.24, 2.45) is 0 Å².